The molecule has 3 aromatic carbocycles. The van der Waals surface area contributed by atoms with Crippen LogP contribution in [0.25, 0.3) is 55.8 Å². The lowest BCUT2D eigenvalue weighted by Crippen LogP contribution is -2.25. The molecule has 4 heterocycles. The first-order chi connectivity index (χ1) is 21.6. The summed E-state index contributed by atoms with van der Waals surface area (Å²) in [6.45, 7) is 1.89. The highest BCUT2D eigenvalue weighted by atomic mass is 32.2. The minimum Gasteiger partial charge on any atom is -0.470 e. The maximum Gasteiger partial charge on any atom is 0.232 e. The number of sulfonamides is 1. The number of ketones is 1. The number of ether oxygens (including phenoxy) is 1. The summed E-state index contributed by atoms with van der Waals surface area (Å²) in [5.41, 5.74) is 5.36. The lowest BCUT2D eigenvalue weighted by Gasteiger charge is -2.23. The quantitative estimate of drug-likeness (QED) is 0.195. The van der Waals surface area contributed by atoms with E-state index in [1.807, 2.05) is 28.8 Å². The average Bonchev–Trinajstić information content (AvgIpc) is 3.61. The van der Waals surface area contributed by atoms with Crippen molar-refractivity contribution < 1.29 is 31.9 Å². The molecule has 228 valence electrons. The Hall–Kier alpha value is -5.00. The number of furan rings is 1. The smallest absolute Gasteiger partial charge is 0.232 e. The molecule has 1 aliphatic heterocycles. The molecule has 0 aliphatic carbocycles. The standard InChI is InChI=1S/C34H28FN3O6S/c1-4-29(40)32-24-14-23(27(37(2)45(3,41)42)16-31(24)44-34(32)19-8-10-21(35)11-9-19)25-12-13-30-33(36-25)28-15-22-20(17-39)6-5-7-26(22)38(28)18-43-30/h5-16,39H,4,17-18H2,1-3H3. The number of halogens is 1. The molecule has 1 aliphatic rings. The lowest BCUT2D eigenvalue weighted by molar-refractivity contribution is 0.0989. The van der Waals surface area contributed by atoms with E-state index in [9.17, 15) is 22.7 Å². The van der Waals surface area contributed by atoms with Gasteiger partial charge in [0.1, 0.15) is 28.6 Å². The molecule has 7 rings (SSSR count). The molecule has 0 amide bonds. The van der Waals surface area contributed by atoms with Crippen LogP contribution in [0.5, 0.6) is 5.75 Å². The highest BCUT2D eigenvalue weighted by Gasteiger charge is 2.28. The minimum absolute atomic E-state index is 0.118. The number of Topliss-reactive ketones (excluding diaryl/α,β-unsaturated/α-hetero) is 1. The van der Waals surface area contributed by atoms with Gasteiger partial charge in [-0.3, -0.25) is 9.10 Å². The summed E-state index contributed by atoms with van der Waals surface area (Å²) in [6.07, 6.45) is 1.29. The van der Waals surface area contributed by atoms with Crippen LogP contribution in [0.2, 0.25) is 0 Å². The van der Waals surface area contributed by atoms with Crippen LogP contribution in [0, 0.1) is 5.82 Å². The molecule has 0 atom stereocenters. The fourth-order valence-corrected chi connectivity index (χ4v) is 6.39. The first-order valence-corrected chi connectivity index (χ1v) is 16.1. The van der Waals surface area contributed by atoms with Gasteiger partial charge in [-0.1, -0.05) is 19.1 Å². The molecular weight excluding hydrogens is 597 g/mol. The van der Waals surface area contributed by atoms with E-state index in [1.165, 1.54) is 31.3 Å². The normalized spacial score (nSPS) is 12.6. The fraction of sp³-hybridized carbons (Fsp3) is 0.176. The molecule has 0 spiro atoms. The van der Waals surface area contributed by atoms with Gasteiger partial charge < -0.3 is 18.8 Å². The number of benzene rings is 3. The Bertz CT molecular complexity index is 2270. The Labute approximate surface area is 258 Å². The van der Waals surface area contributed by atoms with E-state index < -0.39 is 15.8 Å². The molecule has 1 N–H and O–H groups in total. The van der Waals surface area contributed by atoms with Gasteiger partial charge >= 0.3 is 0 Å². The first-order valence-electron chi connectivity index (χ1n) is 14.3. The number of hydrogen-bond acceptors (Lipinski definition) is 7. The zero-order valence-corrected chi connectivity index (χ0v) is 25.5. The van der Waals surface area contributed by atoms with Crippen molar-refractivity contribution in [3.63, 3.8) is 0 Å². The molecule has 3 aromatic heterocycles. The number of anilines is 1. The summed E-state index contributed by atoms with van der Waals surface area (Å²) in [6, 6.07) is 20.2. The van der Waals surface area contributed by atoms with Crippen molar-refractivity contribution in [1.82, 2.24) is 9.55 Å². The number of aliphatic hydroxyl groups is 1. The number of carbonyl (C=O) groups excluding carboxylic acids is 1. The van der Waals surface area contributed by atoms with E-state index in [1.54, 1.807) is 31.2 Å². The van der Waals surface area contributed by atoms with Gasteiger partial charge in [-0.25, -0.2) is 17.8 Å². The molecule has 11 heteroatoms. The third-order valence-electron chi connectivity index (χ3n) is 8.28. The van der Waals surface area contributed by atoms with Gasteiger partial charge in [0.2, 0.25) is 10.0 Å². The van der Waals surface area contributed by atoms with Gasteiger partial charge in [0.25, 0.3) is 0 Å². The van der Waals surface area contributed by atoms with Gasteiger partial charge in [0, 0.05) is 41.4 Å². The maximum absolute atomic E-state index is 13.7. The minimum atomic E-state index is -3.72. The zero-order chi connectivity index (χ0) is 31.6. The third-order valence-corrected chi connectivity index (χ3v) is 9.47. The fourth-order valence-electron chi connectivity index (χ4n) is 5.88. The molecule has 45 heavy (non-hydrogen) atoms. The van der Waals surface area contributed by atoms with Crippen molar-refractivity contribution >= 4 is 43.4 Å². The second-order valence-electron chi connectivity index (χ2n) is 11.0. The predicted molar refractivity (Wildman–Crippen MR) is 170 cm³/mol. The number of aliphatic hydroxyl groups excluding tert-OH is 1. The number of rotatable bonds is 7. The summed E-state index contributed by atoms with van der Waals surface area (Å²) in [4.78, 5) is 18.3. The van der Waals surface area contributed by atoms with Crippen molar-refractivity contribution in [3.8, 4) is 39.7 Å². The van der Waals surface area contributed by atoms with Gasteiger partial charge in [0.05, 0.1) is 41.0 Å². The third kappa shape index (κ3) is 4.66. The van der Waals surface area contributed by atoms with Crippen molar-refractivity contribution in [2.75, 3.05) is 17.6 Å². The SMILES string of the molecule is CCC(=O)c1c(-c2ccc(F)cc2)oc2cc(N(C)S(C)(=O)=O)c(-c3ccc4c(n3)-c3cc5c(CO)cccc5n3CO4)cc12. The summed E-state index contributed by atoms with van der Waals surface area (Å²) in [7, 11) is -2.28. The van der Waals surface area contributed by atoms with Gasteiger partial charge in [-0.15, -0.1) is 0 Å². The zero-order valence-electron chi connectivity index (χ0n) is 24.7. The van der Waals surface area contributed by atoms with E-state index in [-0.39, 0.29) is 31.3 Å². The second-order valence-corrected chi connectivity index (χ2v) is 13.0. The Kier molecular flexibility index (Phi) is 6.75. The number of aromatic nitrogens is 2. The highest BCUT2D eigenvalue weighted by molar-refractivity contribution is 7.92. The largest absolute Gasteiger partial charge is 0.470 e. The van der Waals surface area contributed by atoms with Crippen LogP contribution in [0.1, 0.15) is 29.3 Å². The number of hydrogen-bond donors (Lipinski definition) is 1. The maximum atomic E-state index is 13.7. The molecule has 0 saturated heterocycles. The number of pyridine rings is 1. The van der Waals surface area contributed by atoms with Crippen LogP contribution >= 0.6 is 0 Å². The monoisotopic (exact) mass is 625 g/mol. The van der Waals surface area contributed by atoms with Crippen molar-refractivity contribution in [1.29, 1.82) is 0 Å². The Morgan fingerprint density at radius 3 is 2.56 bits per heavy atom. The van der Waals surface area contributed by atoms with Crippen LogP contribution in [0.15, 0.2) is 77.2 Å². The van der Waals surface area contributed by atoms with Crippen molar-refractivity contribution in [2.24, 2.45) is 0 Å². The van der Waals surface area contributed by atoms with Crippen LogP contribution in [0.3, 0.4) is 0 Å². The van der Waals surface area contributed by atoms with Crippen LogP contribution in [-0.4, -0.2) is 42.2 Å². The Morgan fingerprint density at radius 2 is 1.84 bits per heavy atom. The molecule has 0 fully saturated rings. The summed E-state index contributed by atoms with van der Waals surface area (Å²) in [5, 5.41) is 11.3. The molecule has 0 saturated carbocycles. The Morgan fingerprint density at radius 1 is 1.07 bits per heavy atom. The van der Waals surface area contributed by atoms with Crippen molar-refractivity contribution in [3.05, 3.63) is 89.7 Å². The van der Waals surface area contributed by atoms with E-state index >= 15 is 0 Å². The summed E-state index contributed by atoms with van der Waals surface area (Å²) >= 11 is 0. The van der Waals surface area contributed by atoms with E-state index in [0.717, 1.165) is 32.7 Å². The lowest BCUT2D eigenvalue weighted by atomic mass is 9.97. The molecular formula is C34H28FN3O6S. The van der Waals surface area contributed by atoms with E-state index in [0.29, 0.717) is 50.5 Å². The Balaban J connectivity index is 1.49. The molecule has 0 unspecified atom stereocenters. The molecule has 0 radical (unpaired) electrons. The van der Waals surface area contributed by atoms with Crippen molar-refractivity contribution in [2.45, 2.75) is 26.7 Å². The molecule has 0 bridgehead atoms. The average molecular weight is 626 g/mol. The van der Waals surface area contributed by atoms with E-state index in [4.69, 9.17) is 14.1 Å². The van der Waals surface area contributed by atoms with Gasteiger partial charge in [-0.2, -0.15) is 0 Å². The van der Waals surface area contributed by atoms with Gasteiger partial charge in [-0.05, 0) is 60.2 Å². The number of carbonyl (C=O) groups is 1. The second kappa shape index (κ2) is 10.6. The topological polar surface area (TPSA) is 115 Å². The number of fused-ring (bicyclic) bond motifs is 6. The highest BCUT2D eigenvalue weighted by Crippen LogP contribution is 2.44. The van der Waals surface area contributed by atoms with Crippen LogP contribution in [0.4, 0.5) is 10.1 Å². The number of nitrogens with zero attached hydrogens (tertiary/aromatic N) is 3. The predicted octanol–water partition coefficient (Wildman–Crippen LogP) is 6.75. The molecule has 9 nitrogen and oxygen atoms in total. The van der Waals surface area contributed by atoms with Gasteiger partial charge in [0.15, 0.2) is 12.5 Å². The summed E-state index contributed by atoms with van der Waals surface area (Å²) in [5.74, 6) is 0.228. The first kappa shape index (κ1) is 28.8. The van der Waals surface area contributed by atoms with Crippen LogP contribution in [-0.2, 0) is 23.4 Å². The molecule has 6 aromatic rings. The van der Waals surface area contributed by atoms with Crippen LogP contribution < -0.4 is 9.04 Å². The van der Waals surface area contributed by atoms with E-state index in [2.05, 4.69) is 0 Å². The summed E-state index contributed by atoms with van der Waals surface area (Å²) < 4.78 is 54.8.